The molecule has 1 aromatic rings. The van der Waals surface area contributed by atoms with Crippen LogP contribution in [0.1, 0.15) is 33.3 Å². The molecular weight excluding hydrogens is 254 g/mol. The molecule has 1 saturated heterocycles. The number of hydrogen-bond donors (Lipinski definition) is 1. The summed E-state index contributed by atoms with van der Waals surface area (Å²) in [6.07, 6.45) is 0. The number of carbonyl (C=O) groups excluding carboxylic acids is 1. The van der Waals surface area contributed by atoms with E-state index >= 15 is 0 Å². The number of carbonyl (C=O) groups is 1. The Bertz CT molecular complexity index is 486. The first-order chi connectivity index (χ1) is 9.34. The molecule has 0 radical (unpaired) electrons. The molecule has 3 unspecified atom stereocenters. The fraction of sp³-hybridized carbons (Fsp3) is 0.562. The van der Waals surface area contributed by atoms with Crippen molar-refractivity contribution in [2.24, 2.45) is 11.3 Å². The summed E-state index contributed by atoms with van der Waals surface area (Å²) < 4.78 is 5.24. The highest BCUT2D eigenvalue weighted by Gasteiger charge is 2.61. The topological polar surface area (TPSA) is 53.8 Å². The van der Waals surface area contributed by atoms with E-state index in [4.69, 9.17) is 4.74 Å². The van der Waals surface area contributed by atoms with E-state index in [0.717, 1.165) is 5.56 Å². The van der Waals surface area contributed by atoms with E-state index in [1.54, 1.807) is 6.92 Å². The molecule has 110 valence electrons. The fourth-order valence-electron chi connectivity index (χ4n) is 3.53. The minimum Gasteiger partial charge on any atom is -0.634 e. The van der Waals surface area contributed by atoms with Crippen LogP contribution in [0.25, 0.3) is 0 Å². The maximum atomic E-state index is 12.6. The zero-order chi connectivity index (χ0) is 15.0. The van der Waals surface area contributed by atoms with Gasteiger partial charge in [0, 0.05) is 11.0 Å². The molecule has 4 heteroatoms. The molecule has 2 rings (SSSR count). The number of nitrogens with one attached hydrogen (secondary N) is 1. The first-order valence-corrected chi connectivity index (χ1v) is 7.09. The molecule has 1 heterocycles. The van der Waals surface area contributed by atoms with Crippen LogP contribution in [-0.4, -0.2) is 19.1 Å². The molecule has 0 aliphatic carbocycles. The Labute approximate surface area is 120 Å². The number of rotatable bonds is 3. The quantitative estimate of drug-likeness (QED) is 0.673. The second-order valence-corrected chi connectivity index (χ2v) is 6.34. The van der Waals surface area contributed by atoms with Gasteiger partial charge in [0.15, 0.2) is 0 Å². The second-order valence-electron chi connectivity index (χ2n) is 6.34. The highest BCUT2D eigenvalue weighted by molar-refractivity contribution is 5.75. The van der Waals surface area contributed by atoms with Crippen molar-refractivity contribution in [3.63, 3.8) is 0 Å². The van der Waals surface area contributed by atoms with Crippen molar-refractivity contribution < 1.29 is 14.6 Å². The van der Waals surface area contributed by atoms with Crippen LogP contribution in [0.3, 0.4) is 0 Å². The van der Waals surface area contributed by atoms with Crippen molar-refractivity contribution in [3.8, 4) is 0 Å². The average molecular weight is 277 g/mol. The molecular formula is C16H23NO3. The lowest BCUT2D eigenvalue weighted by Crippen LogP contribution is -3.12. The van der Waals surface area contributed by atoms with E-state index in [-0.39, 0.29) is 16.4 Å². The summed E-state index contributed by atoms with van der Waals surface area (Å²) in [4.78, 5) is 12.4. The van der Waals surface area contributed by atoms with E-state index in [1.807, 2.05) is 51.1 Å². The lowest BCUT2D eigenvalue weighted by molar-refractivity contribution is -0.900. The molecule has 0 saturated carbocycles. The molecule has 1 aliphatic rings. The van der Waals surface area contributed by atoms with Crippen LogP contribution in [-0.2, 0) is 15.1 Å². The van der Waals surface area contributed by atoms with Crippen LogP contribution in [0.15, 0.2) is 30.3 Å². The molecule has 1 aromatic carbocycles. The van der Waals surface area contributed by atoms with Gasteiger partial charge in [0.1, 0.15) is 11.5 Å². The van der Waals surface area contributed by atoms with Crippen molar-refractivity contribution in [2.75, 3.05) is 13.2 Å². The number of esters is 1. The zero-order valence-electron chi connectivity index (χ0n) is 12.6. The third-order valence-electron chi connectivity index (χ3n) is 4.45. The van der Waals surface area contributed by atoms with E-state index in [0.29, 0.717) is 13.2 Å². The van der Waals surface area contributed by atoms with E-state index in [1.165, 1.54) is 0 Å². The smallest absolute Gasteiger partial charge is 0.316 e. The van der Waals surface area contributed by atoms with E-state index < -0.39 is 11.5 Å². The number of hydroxylamine groups is 2. The molecule has 0 amide bonds. The van der Waals surface area contributed by atoms with Gasteiger partial charge in [-0.05, 0) is 13.8 Å². The summed E-state index contributed by atoms with van der Waals surface area (Å²) in [5, 5.41) is 12.7. The molecule has 3 atom stereocenters. The standard InChI is InChI=1S/C16H23NO3/c1-5-20-14(18)13-15(2,3)11-17(19)16(13,4)12-9-7-6-8-10-12/h6-10,13,17H,5,11H2,1-4H3. The van der Waals surface area contributed by atoms with Gasteiger partial charge in [-0.1, -0.05) is 44.2 Å². The molecule has 1 aliphatic heterocycles. The van der Waals surface area contributed by atoms with Crippen LogP contribution in [0.2, 0.25) is 0 Å². The normalized spacial score (nSPS) is 32.0. The van der Waals surface area contributed by atoms with Gasteiger partial charge in [0.2, 0.25) is 0 Å². The third kappa shape index (κ3) is 2.23. The minimum atomic E-state index is -0.795. The lowest BCUT2D eigenvalue weighted by Gasteiger charge is -2.38. The van der Waals surface area contributed by atoms with Crippen molar-refractivity contribution >= 4 is 5.97 Å². The van der Waals surface area contributed by atoms with Gasteiger partial charge >= 0.3 is 5.97 Å². The zero-order valence-corrected chi connectivity index (χ0v) is 12.6. The molecule has 20 heavy (non-hydrogen) atoms. The van der Waals surface area contributed by atoms with Gasteiger partial charge < -0.3 is 15.0 Å². The van der Waals surface area contributed by atoms with E-state index in [9.17, 15) is 10.0 Å². The number of hydrogen-bond acceptors (Lipinski definition) is 3. The molecule has 1 N–H and O–H groups in total. The second kappa shape index (κ2) is 5.19. The van der Waals surface area contributed by atoms with Gasteiger partial charge in [0.05, 0.1) is 13.2 Å². The van der Waals surface area contributed by atoms with E-state index in [2.05, 4.69) is 0 Å². The largest absolute Gasteiger partial charge is 0.634 e. The molecule has 4 nitrogen and oxygen atoms in total. The van der Waals surface area contributed by atoms with Crippen molar-refractivity contribution in [2.45, 2.75) is 33.2 Å². The van der Waals surface area contributed by atoms with Gasteiger partial charge in [-0.25, -0.2) is 0 Å². The summed E-state index contributed by atoms with van der Waals surface area (Å²) in [5.74, 6) is -0.709. The first kappa shape index (κ1) is 15.0. The summed E-state index contributed by atoms with van der Waals surface area (Å²) in [6, 6.07) is 9.57. The SMILES string of the molecule is CCOC(=O)C1C(C)(C)C[NH+]([O-])C1(C)c1ccccc1. The van der Waals surface area contributed by atoms with Crippen LogP contribution < -0.4 is 5.06 Å². The highest BCUT2D eigenvalue weighted by atomic mass is 16.5. The third-order valence-corrected chi connectivity index (χ3v) is 4.45. The van der Waals surface area contributed by atoms with Gasteiger partial charge in [0.25, 0.3) is 0 Å². The Kier molecular flexibility index (Phi) is 3.89. The average Bonchev–Trinajstić information content (AvgIpc) is 2.57. The summed E-state index contributed by atoms with van der Waals surface area (Å²) in [7, 11) is 0. The van der Waals surface area contributed by atoms with Crippen LogP contribution >= 0.6 is 0 Å². The predicted octanol–water partition coefficient (Wildman–Crippen LogP) is 1.50. The minimum absolute atomic E-state index is 0.117. The van der Waals surface area contributed by atoms with Crippen molar-refractivity contribution in [1.82, 2.24) is 0 Å². The Balaban J connectivity index is 2.50. The Morgan fingerprint density at radius 1 is 1.35 bits per heavy atom. The number of quaternary nitrogens is 1. The molecule has 0 spiro atoms. The monoisotopic (exact) mass is 277 g/mol. The Morgan fingerprint density at radius 2 is 1.95 bits per heavy atom. The first-order valence-electron chi connectivity index (χ1n) is 7.09. The predicted molar refractivity (Wildman–Crippen MR) is 76.9 cm³/mol. The summed E-state index contributed by atoms with van der Waals surface area (Å²) in [6.45, 7) is 8.36. The fourth-order valence-corrected chi connectivity index (χ4v) is 3.53. The maximum Gasteiger partial charge on any atom is 0.316 e. The van der Waals surface area contributed by atoms with Gasteiger partial charge in [-0.2, -0.15) is 0 Å². The maximum absolute atomic E-state index is 12.6. The molecule has 0 aromatic heterocycles. The van der Waals surface area contributed by atoms with Crippen LogP contribution in [0.4, 0.5) is 0 Å². The Morgan fingerprint density at radius 3 is 2.50 bits per heavy atom. The molecule has 0 bridgehead atoms. The Hall–Kier alpha value is -1.39. The van der Waals surface area contributed by atoms with Gasteiger partial charge in [-0.3, -0.25) is 4.79 Å². The molecule has 1 fully saturated rings. The lowest BCUT2D eigenvalue weighted by atomic mass is 9.70. The van der Waals surface area contributed by atoms with Crippen LogP contribution in [0.5, 0.6) is 0 Å². The summed E-state index contributed by atoms with van der Waals surface area (Å²) in [5.41, 5.74) is -0.279. The van der Waals surface area contributed by atoms with Gasteiger partial charge in [-0.15, -0.1) is 0 Å². The van der Waals surface area contributed by atoms with Crippen molar-refractivity contribution in [3.05, 3.63) is 41.1 Å². The number of ether oxygens (including phenoxy) is 1. The summed E-state index contributed by atoms with van der Waals surface area (Å²) >= 11 is 0. The van der Waals surface area contributed by atoms with Crippen LogP contribution in [0, 0.1) is 16.5 Å². The number of benzene rings is 1. The highest BCUT2D eigenvalue weighted by Crippen LogP contribution is 2.43. The van der Waals surface area contributed by atoms with Crippen molar-refractivity contribution in [1.29, 1.82) is 0 Å².